The van der Waals surface area contributed by atoms with Crippen LogP contribution in [0.15, 0.2) is 24.3 Å². The number of hydrogen-bond acceptors (Lipinski definition) is 2. The van der Waals surface area contributed by atoms with Crippen LogP contribution in [-0.2, 0) is 20.4 Å². The monoisotopic (exact) mass is 262 g/mol. The summed E-state index contributed by atoms with van der Waals surface area (Å²) in [5.41, 5.74) is 1.44. The highest BCUT2D eigenvalue weighted by Gasteiger charge is 2.41. The van der Waals surface area contributed by atoms with Gasteiger partial charge in [-0.1, -0.05) is 45.0 Å². The van der Waals surface area contributed by atoms with Crippen LogP contribution in [0.5, 0.6) is 0 Å². The molecule has 0 unspecified atom stereocenters. The molecule has 3 heteroatoms. The molecule has 0 bridgehead atoms. The minimum atomic E-state index is -0.769. The van der Waals surface area contributed by atoms with Crippen LogP contribution in [0.3, 0.4) is 0 Å². The lowest BCUT2D eigenvalue weighted by molar-refractivity contribution is -0.147. The molecule has 104 valence electrons. The molecule has 1 N–H and O–H groups in total. The quantitative estimate of drug-likeness (QED) is 0.890. The molecule has 1 aromatic rings. The van der Waals surface area contributed by atoms with Crippen LogP contribution in [0.25, 0.3) is 0 Å². The smallest absolute Gasteiger partial charge is 0.314 e. The predicted octanol–water partition coefficient (Wildman–Crippen LogP) is 3.12. The molecule has 0 atom stereocenters. The number of aliphatic carboxylic acids is 1. The first-order valence-electron chi connectivity index (χ1n) is 6.78. The maximum absolute atomic E-state index is 11.7. The summed E-state index contributed by atoms with van der Waals surface area (Å²) in [6, 6.07) is 8.05. The molecule has 3 nitrogen and oxygen atoms in total. The highest BCUT2D eigenvalue weighted by atomic mass is 16.5. The Labute approximate surface area is 114 Å². The zero-order valence-electron chi connectivity index (χ0n) is 11.9. The van der Waals surface area contributed by atoms with E-state index in [9.17, 15) is 9.90 Å². The molecule has 1 aliphatic rings. The van der Waals surface area contributed by atoms with Crippen molar-refractivity contribution in [2.45, 2.75) is 44.4 Å². The molecule has 1 saturated heterocycles. The fourth-order valence-electron chi connectivity index (χ4n) is 2.64. The van der Waals surface area contributed by atoms with E-state index in [0.717, 1.165) is 5.56 Å². The topological polar surface area (TPSA) is 46.5 Å². The van der Waals surface area contributed by atoms with Crippen molar-refractivity contribution in [3.63, 3.8) is 0 Å². The van der Waals surface area contributed by atoms with Crippen molar-refractivity contribution in [2.75, 3.05) is 13.2 Å². The van der Waals surface area contributed by atoms with Crippen molar-refractivity contribution in [1.82, 2.24) is 0 Å². The van der Waals surface area contributed by atoms with Crippen molar-refractivity contribution in [3.05, 3.63) is 35.4 Å². The van der Waals surface area contributed by atoms with E-state index in [1.54, 1.807) is 0 Å². The maximum Gasteiger partial charge on any atom is 0.314 e. The normalized spacial score (nSPS) is 19.1. The van der Waals surface area contributed by atoms with Crippen molar-refractivity contribution in [2.24, 2.45) is 0 Å². The molecule has 1 aromatic carbocycles. The number of carbonyl (C=O) groups is 1. The van der Waals surface area contributed by atoms with Gasteiger partial charge in [0.15, 0.2) is 0 Å². The third-order valence-corrected chi connectivity index (χ3v) is 4.06. The van der Waals surface area contributed by atoms with E-state index in [4.69, 9.17) is 4.74 Å². The van der Waals surface area contributed by atoms with Gasteiger partial charge in [0.05, 0.1) is 5.41 Å². The van der Waals surface area contributed by atoms with E-state index in [0.29, 0.717) is 26.1 Å². The molecule has 0 aromatic heterocycles. The molecule has 0 aliphatic carbocycles. The van der Waals surface area contributed by atoms with Crippen LogP contribution < -0.4 is 0 Å². The molecule has 0 spiro atoms. The van der Waals surface area contributed by atoms with E-state index in [2.05, 4.69) is 32.9 Å². The highest BCUT2D eigenvalue weighted by molar-refractivity contribution is 5.81. The van der Waals surface area contributed by atoms with Gasteiger partial charge in [0.2, 0.25) is 0 Å². The van der Waals surface area contributed by atoms with Gasteiger partial charge in [-0.2, -0.15) is 0 Å². The first-order chi connectivity index (χ1) is 8.86. The number of rotatable bonds is 2. The van der Waals surface area contributed by atoms with Gasteiger partial charge >= 0.3 is 5.97 Å². The second-order valence-electron chi connectivity index (χ2n) is 6.33. The third-order valence-electron chi connectivity index (χ3n) is 4.06. The average Bonchev–Trinajstić information content (AvgIpc) is 2.38. The number of hydrogen-bond donors (Lipinski definition) is 1. The Morgan fingerprint density at radius 1 is 1.16 bits per heavy atom. The Kier molecular flexibility index (Phi) is 3.68. The third kappa shape index (κ3) is 2.66. The van der Waals surface area contributed by atoms with Crippen LogP contribution in [0.1, 0.15) is 44.7 Å². The summed E-state index contributed by atoms with van der Waals surface area (Å²) in [5, 5.41) is 9.62. The van der Waals surface area contributed by atoms with Gasteiger partial charge < -0.3 is 9.84 Å². The second kappa shape index (κ2) is 4.97. The summed E-state index contributed by atoms with van der Waals surface area (Å²) in [5.74, 6) is -0.737. The molecule has 2 rings (SSSR count). The molecule has 1 heterocycles. The van der Waals surface area contributed by atoms with Gasteiger partial charge in [-0.3, -0.25) is 4.79 Å². The Bertz CT molecular complexity index is 448. The summed E-state index contributed by atoms with van der Waals surface area (Å²) >= 11 is 0. The van der Waals surface area contributed by atoms with Crippen molar-refractivity contribution in [1.29, 1.82) is 0 Å². The molecule has 0 radical (unpaired) electrons. The van der Waals surface area contributed by atoms with E-state index >= 15 is 0 Å². The fourth-order valence-corrected chi connectivity index (χ4v) is 2.64. The van der Waals surface area contributed by atoms with Crippen LogP contribution in [0.2, 0.25) is 0 Å². The van der Waals surface area contributed by atoms with E-state index in [-0.39, 0.29) is 5.41 Å². The first kappa shape index (κ1) is 14.1. The van der Waals surface area contributed by atoms with Gasteiger partial charge in [0, 0.05) is 13.2 Å². The van der Waals surface area contributed by atoms with Crippen LogP contribution in [0.4, 0.5) is 0 Å². The SMILES string of the molecule is CC(C)(C)c1ccc(C2(C(=O)O)CCOCC2)cc1. The summed E-state index contributed by atoms with van der Waals surface area (Å²) in [6.07, 6.45) is 1.11. The lowest BCUT2D eigenvalue weighted by Gasteiger charge is -2.34. The zero-order chi connectivity index (χ0) is 14.1. The van der Waals surface area contributed by atoms with E-state index in [1.807, 2.05) is 12.1 Å². The summed E-state index contributed by atoms with van der Waals surface area (Å²) in [6.45, 7) is 7.51. The highest BCUT2D eigenvalue weighted by Crippen LogP contribution is 2.36. The Morgan fingerprint density at radius 3 is 2.11 bits per heavy atom. The van der Waals surface area contributed by atoms with Gasteiger partial charge in [0.25, 0.3) is 0 Å². The summed E-state index contributed by atoms with van der Waals surface area (Å²) in [7, 11) is 0. The molecular weight excluding hydrogens is 240 g/mol. The number of benzene rings is 1. The largest absolute Gasteiger partial charge is 0.481 e. The van der Waals surface area contributed by atoms with E-state index < -0.39 is 11.4 Å². The molecule has 1 fully saturated rings. The van der Waals surface area contributed by atoms with Gasteiger partial charge in [-0.15, -0.1) is 0 Å². The lowest BCUT2D eigenvalue weighted by Crippen LogP contribution is -2.41. The van der Waals surface area contributed by atoms with Crippen molar-refractivity contribution >= 4 is 5.97 Å². The Morgan fingerprint density at radius 2 is 1.68 bits per heavy atom. The van der Waals surface area contributed by atoms with Gasteiger partial charge in [-0.05, 0) is 29.4 Å². The minimum Gasteiger partial charge on any atom is -0.481 e. The van der Waals surface area contributed by atoms with Crippen LogP contribution >= 0.6 is 0 Å². The zero-order valence-corrected chi connectivity index (χ0v) is 11.9. The molecule has 1 aliphatic heterocycles. The number of carboxylic acids is 1. The average molecular weight is 262 g/mol. The number of ether oxygens (including phenoxy) is 1. The Balaban J connectivity index is 2.36. The standard InChI is InChI=1S/C16H22O3/c1-15(2,3)12-4-6-13(7-5-12)16(14(17)18)8-10-19-11-9-16/h4-7H,8-11H2,1-3H3,(H,17,18). The minimum absolute atomic E-state index is 0.0879. The fraction of sp³-hybridized carbons (Fsp3) is 0.562. The van der Waals surface area contributed by atoms with Crippen molar-refractivity contribution in [3.8, 4) is 0 Å². The Hall–Kier alpha value is -1.35. The van der Waals surface area contributed by atoms with Gasteiger partial charge in [-0.25, -0.2) is 0 Å². The number of carboxylic acid groups (broad SMARTS) is 1. The van der Waals surface area contributed by atoms with Crippen molar-refractivity contribution < 1.29 is 14.6 Å². The predicted molar refractivity (Wildman–Crippen MR) is 74.5 cm³/mol. The molecule has 19 heavy (non-hydrogen) atoms. The van der Waals surface area contributed by atoms with Crippen LogP contribution in [-0.4, -0.2) is 24.3 Å². The van der Waals surface area contributed by atoms with E-state index in [1.165, 1.54) is 5.56 Å². The summed E-state index contributed by atoms with van der Waals surface area (Å²) in [4.78, 5) is 11.7. The molecular formula is C16H22O3. The second-order valence-corrected chi connectivity index (χ2v) is 6.33. The van der Waals surface area contributed by atoms with Gasteiger partial charge in [0.1, 0.15) is 0 Å². The molecule has 0 amide bonds. The first-order valence-corrected chi connectivity index (χ1v) is 6.78. The van der Waals surface area contributed by atoms with Crippen LogP contribution in [0, 0.1) is 0 Å². The summed E-state index contributed by atoms with van der Waals surface area (Å²) < 4.78 is 5.31. The lowest BCUT2D eigenvalue weighted by atomic mass is 9.73. The molecule has 0 saturated carbocycles. The maximum atomic E-state index is 11.7.